The molecule has 0 saturated heterocycles. The predicted molar refractivity (Wildman–Crippen MR) is 101 cm³/mol. The molecule has 5 heteroatoms. The fourth-order valence-electron chi connectivity index (χ4n) is 2.51. The molecule has 0 radical (unpaired) electrons. The van der Waals surface area contributed by atoms with E-state index in [4.69, 9.17) is 9.15 Å². The molecule has 0 unspecified atom stereocenters. The van der Waals surface area contributed by atoms with Gasteiger partial charge in [-0.15, -0.1) is 0 Å². The molecule has 132 valence electrons. The Labute approximate surface area is 151 Å². The van der Waals surface area contributed by atoms with Gasteiger partial charge in [0.15, 0.2) is 0 Å². The molecule has 1 N–H and O–H groups in total. The predicted octanol–water partition coefficient (Wildman–Crippen LogP) is 4.57. The maximum absolute atomic E-state index is 12.0. The van der Waals surface area contributed by atoms with Crippen molar-refractivity contribution in [1.29, 1.82) is 0 Å². The minimum atomic E-state index is -0.384. The Kier molecular flexibility index (Phi) is 5.17. The number of fused-ring (bicyclic) bond motifs is 1. The molecule has 1 heterocycles. The summed E-state index contributed by atoms with van der Waals surface area (Å²) >= 11 is 0. The summed E-state index contributed by atoms with van der Waals surface area (Å²) in [5, 5.41) is 3.73. The minimum Gasteiger partial charge on any atom is -0.462 e. The van der Waals surface area contributed by atoms with Gasteiger partial charge < -0.3 is 14.5 Å². The zero-order valence-corrected chi connectivity index (χ0v) is 14.6. The maximum atomic E-state index is 12.0. The number of benzene rings is 2. The van der Waals surface area contributed by atoms with Gasteiger partial charge in [-0.05, 0) is 62.4 Å². The highest BCUT2D eigenvalue weighted by molar-refractivity contribution is 6.02. The van der Waals surface area contributed by atoms with Crippen molar-refractivity contribution in [2.45, 2.75) is 13.8 Å². The highest BCUT2D eigenvalue weighted by Crippen LogP contribution is 2.21. The van der Waals surface area contributed by atoms with Crippen LogP contribution in [-0.2, 0) is 9.53 Å². The second kappa shape index (κ2) is 7.70. The van der Waals surface area contributed by atoms with Gasteiger partial charge in [-0.1, -0.05) is 11.6 Å². The summed E-state index contributed by atoms with van der Waals surface area (Å²) in [6.07, 6.45) is 3.03. The zero-order chi connectivity index (χ0) is 18.5. The van der Waals surface area contributed by atoms with Crippen LogP contribution in [0.3, 0.4) is 0 Å². The summed E-state index contributed by atoms with van der Waals surface area (Å²) in [7, 11) is 0. The molecule has 0 fully saturated rings. The molecule has 3 aromatic rings. The number of carbonyl (C=O) groups is 2. The summed E-state index contributed by atoms with van der Waals surface area (Å²) in [5.41, 5.74) is 2.97. The number of esters is 1. The van der Waals surface area contributed by atoms with E-state index in [0.29, 0.717) is 23.6 Å². The first-order valence-corrected chi connectivity index (χ1v) is 8.31. The smallest absolute Gasteiger partial charge is 0.338 e. The van der Waals surface area contributed by atoms with Crippen molar-refractivity contribution < 1.29 is 18.7 Å². The lowest BCUT2D eigenvalue weighted by atomic mass is 10.2. The number of rotatable bonds is 5. The monoisotopic (exact) mass is 349 g/mol. The molecular formula is C21H19NO4. The highest BCUT2D eigenvalue weighted by atomic mass is 16.5. The van der Waals surface area contributed by atoms with Gasteiger partial charge in [0.1, 0.15) is 11.3 Å². The molecule has 1 amide bonds. The molecule has 0 atom stereocenters. The largest absolute Gasteiger partial charge is 0.462 e. The van der Waals surface area contributed by atoms with E-state index in [1.807, 2.05) is 31.2 Å². The molecule has 26 heavy (non-hydrogen) atoms. The number of nitrogens with one attached hydrogen (secondary N) is 1. The highest BCUT2D eigenvalue weighted by Gasteiger charge is 2.06. The molecule has 0 aliphatic rings. The van der Waals surface area contributed by atoms with Crippen molar-refractivity contribution in [3.8, 4) is 0 Å². The van der Waals surface area contributed by atoms with E-state index in [1.54, 1.807) is 37.3 Å². The fourth-order valence-corrected chi connectivity index (χ4v) is 2.51. The quantitative estimate of drug-likeness (QED) is 0.541. The van der Waals surface area contributed by atoms with Crippen LogP contribution in [0.1, 0.15) is 28.6 Å². The second-order valence-electron chi connectivity index (χ2n) is 5.81. The number of furan rings is 1. The van der Waals surface area contributed by atoms with Crippen LogP contribution in [0.5, 0.6) is 0 Å². The number of amides is 1. The van der Waals surface area contributed by atoms with E-state index in [-0.39, 0.29) is 11.9 Å². The number of hydrogen-bond acceptors (Lipinski definition) is 4. The van der Waals surface area contributed by atoms with Crippen LogP contribution in [0, 0.1) is 6.92 Å². The third kappa shape index (κ3) is 4.19. The summed E-state index contributed by atoms with van der Waals surface area (Å²) < 4.78 is 10.6. The van der Waals surface area contributed by atoms with Crippen LogP contribution in [-0.4, -0.2) is 18.5 Å². The van der Waals surface area contributed by atoms with Gasteiger partial charge in [-0.2, -0.15) is 0 Å². The fraction of sp³-hybridized carbons (Fsp3) is 0.143. The lowest BCUT2D eigenvalue weighted by Crippen LogP contribution is -2.08. The number of anilines is 1. The van der Waals surface area contributed by atoms with Gasteiger partial charge in [-0.3, -0.25) is 4.79 Å². The van der Waals surface area contributed by atoms with Gasteiger partial charge in [0.05, 0.1) is 12.2 Å². The summed E-state index contributed by atoms with van der Waals surface area (Å²) in [4.78, 5) is 23.6. The van der Waals surface area contributed by atoms with E-state index in [9.17, 15) is 9.59 Å². The molecule has 3 rings (SSSR count). The second-order valence-corrected chi connectivity index (χ2v) is 5.81. The number of carbonyl (C=O) groups excluding carboxylic acids is 2. The summed E-state index contributed by atoms with van der Waals surface area (Å²) in [6, 6.07) is 14.3. The first kappa shape index (κ1) is 17.5. The average molecular weight is 349 g/mol. The van der Waals surface area contributed by atoms with Crippen molar-refractivity contribution in [2.75, 3.05) is 11.9 Å². The lowest BCUT2D eigenvalue weighted by molar-refractivity contribution is -0.111. The molecule has 2 aromatic carbocycles. The van der Waals surface area contributed by atoms with Gasteiger partial charge >= 0.3 is 5.97 Å². The number of hydrogen-bond donors (Lipinski definition) is 1. The Morgan fingerprint density at radius 1 is 1.12 bits per heavy atom. The normalized spacial score (nSPS) is 11.0. The first-order chi connectivity index (χ1) is 12.5. The van der Waals surface area contributed by atoms with E-state index in [1.165, 1.54) is 6.08 Å². The average Bonchev–Trinajstić information content (AvgIpc) is 3.03. The Balaban J connectivity index is 1.64. The summed E-state index contributed by atoms with van der Waals surface area (Å²) in [5.74, 6) is -0.0608. The van der Waals surface area contributed by atoms with Crippen molar-refractivity contribution in [1.82, 2.24) is 0 Å². The minimum absolute atomic E-state index is 0.287. The number of aryl methyl sites for hydroxylation is 1. The maximum Gasteiger partial charge on any atom is 0.338 e. The van der Waals surface area contributed by atoms with Crippen LogP contribution in [0.15, 0.2) is 59.0 Å². The SMILES string of the molecule is CCOC(=O)c1ccc(NC(=O)C=Cc2cc3cc(C)ccc3o2)cc1. The van der Waals surface area contributed by atoms with E-state index in [2.05, 4.69) is 5.32 Å². The van der Waals surface area contributed by atoms with Crippen LogP contribution < -0.4 is 5.32 Å². The lowest BCUT2D eigenvalue weighted by Gasteiger charge is -2.04. The topological polar surface area (TPSA) is 68.5 Å². The third-order valence-electron chi connectivity index (χ3n) is 3.75. The standard InChI is InChI=1S/C21H19NO4/c1-3-25-21(24)15-5-7-17(8-6-15)22-20(23)11-9-18-13-16-12-14(2)4-10-19(16)26-18/h4-13H,3H2,1-2H3,(H,22,23). The van der Waals surface area contributed by atoms with Gasteiger partial charge in [0.2, 0.25) is 5.91 Å². The molecule has 0 spiro atoms. The zero-order valence-electron chi connectivity index (χ0n) is 14.6. The van der Waals surface area contributed by atoms with Gasteiger partial charge in [0, 0.05) is 17.1 Å². The van der Waals surface area contributed by atoms with E-state index < -0.39 is 0 Å². The van der Waals surface area contributed by atoms with Crippen molar-refractivity contribution >= 4 is 34.6 Å². The molecule has 1 aromatic heterocycles. The Morgan fingerprint density at radius 2 is 1.88 bits per heavy atom. The van der Waals surface area contributed by atoms with E-state index >= 15 is 0 Å². The van der Waals surface area contributed by atoms with Crippen LogP contribution in [0.25, 0.3) is 17.0 Å². The molecule has 5 nitrogen and oxygen atoms in total. The van der Waals surface area contributed by atoms with Crippen molar-refractivity contribution in [3.63, 3.8) is 0 Å². The van der Waals surface area contributed by atoms with Crippen LogP contribution in [0.2, 0.25) is 0 Å². The van der Waals surface area contributed by atoms with Crippen molar-refractivity contribution in [3.05, 3.63) is 71.5 Å². The van der Waals surface area contributed by atoms with Gasteiger partial charge in [-0.25, -0.2) is 4.79 Å². The summed E-state index contributed by atoms with van der Waals surface area (Å²) in [6.45, 7) is 4.09. The first-order valence-electron chi connectivity index (χ1n) is 8.31. The Morgan fingerprint density at radius 3 is 2.62 bits per heavy atom. The molecule has 0 aliphatic heterocycles. The Hall–Kier alpha value is -3.34. The third-order valence-corrected chi connectivity index (χ3v) is 3.75. The molecular weight excluding hydrogens is 330 g/mol. The van der Waals surface area contributed by atoms with Crippen molar-refractivity contribution in [2.24, 2.45) is 0 Å². The van der Waals surface area contributed by atoms with Crippen LogP contribution in [0.4, 0.5) is 5.69 Å². The van der Waals surface area contributed by atoms with Gasteiger partial charge in [0.25, 0.3) is 0 Å². The molecule has 0 aliphatic carbocycles. The van der Waals surface area contributed by atoms with E-state index in [0.717, 1.165) is 16.5 Å². The number of ether oxygens (including phenoxy) is 1. The molecule has 0 saturated carbocycles. The van der Waals surface area contributed by atoms with Crippen LogP contribution >= 0.6 is 0 Å². The molecule has 0 bridgehead atoms. The Bertz CT molecular complexity index is 967.